The van der Waals surface area contributed by atoms with Crippen molar-refractivity contribution >= 4 is 17.5 Å². The van der Waals surface area contributed by atoms with Crippen molar-refractivity contribution < 1.29 is 4.79 Å². The van der Waals surface area contributed by atoms with E-state index in [4.69, 9.17) is 11.6 Å². The molecule has 1 N–H and O–H groups in total. The molecule has 4 heteroatoms. The second kappa shape index (κ2) is 7.81. The number of carbonyl (C=O) groups is 1. The highest BCUT2D eigenvalue weighted by Gasteiger charge is 2.25. The highest BCUT2D eigenvalue weighted by molar-refractivity contribution is 6.30. The molecule has 1 aliphatic heterocycles. The monoisotopic (exact) mass is 308 g/mol. The summed E-state index contributed by atoms with van der Waals surface area (Å²) in [7, 11) is 0. The number of carbonyl (C=O) groups excluding carboxylic acids is 1. The van der Waals surface area contributed by atoms with Crippen molar-refractivity contribution in [2.75, 3.05) is 19.6 Å². The first-order chi connectivity index (χ1) is 10.0. The Morgan fingerprint density at radius 2 is 2.10 bits per heavy atom. The third-order valence-corrected chi connectivity index (χ3v) is 4.13. The molecule has 2 rings (SSSR count). The van der Waals surface area contributed by atoms with Crippen LogP contribution in [0.3, 0.4) is 0 Å². The zero-order valence-electron chi connectivity index (χ0n) is 12.9. The Labute approximate surface area is 132 Å². The zero-order chi connectivity index (χ0) is 15.2. The molecule has 0 aromatic heterocycles. The maximum absolute atomic E-state index is 12.2. The summed E-state index contributed by atoms with van der Waals surface area (Å²) in [4.78, 5) is 14.6. The molecule has 1 atom stereocenters. The Bertz CT molecular complexity index is 458. The van der Waals surface area contributed by atoms with E-state index >= 15 is 0 Å². The normalized spacial score (nSPS) is 19.7. The van der Waals surface area contributed by atoms with Gasteiger partial charge in [0.15, 0.2) is 0 Å². The number of nitrogens with zero attached hydrogens (tertiary/aromatic N) is 1. The van der Waals surface area contributed by atoms with Gasteiger partial charge in [-0.2, -0.15) is 0 Å². The van der Waals surface area contributed by atoms with Crippen LogP contribution in [-0.4, -0.2) is 30.4 Å². The van der Waals surface area contributed by atoms with Gasteiger partial charge in [-0.05, 0) is 43.0 Å². The van der Waals surface area contributed by atoms with Gasteiger partial charge in [-0.25, -0.2) is 0 Å². The lowest BCUT2D eigenvalue weighted by molar-refractivity contribution is -0.126. The maximum Gasteiger partial charge on any atom is 0.224 e. The number of nitrogens with one attached hydrogen (secondary N) is 1. The number of hydrogen-bond acceptors (Lipinski definition) is 2. The summed E-state index contributed by atoms with van der Waals surface area (Å²) in [6.07, 6.45) is 2.09. The topological polar surface area (TPSA) is 32.3 Å². The van der Waals surface area contributed by atoms with Crippen LogP contribution in [0.15, 0.2) is 24.3 Å². The molecule has 0 unspecified atom stereocenters. The summed E-state index contributed by atoms with van der Waals surface area (Å²) >= 11 is 5.91. The predicted molar refractivity (Wildman–Crippen MR) is 87.3 cm³/mol. The molecule has 1 aromatic rings. The molecule has 1 aromatic carbocycles. The summed E-state index contributed by atoms with van der Waals surface area (Å²) in [5.41, 5.74) is 1.25. The maximum atomic E-state index is 12.2. The van der Waals surface area contributed by atoms with Crippen LogP contribution in [0.5, 0.6) is 0 Å². The van der Waals surface area contributed by atoms with Crippen LogP contribution in [0, 0.1) is 11.8 Å². The molecule has 1 amide bonds. The van der Waals surface area contributed by atoms with E-state index in [1.807, 2.05) is 12.1 Å². The third-order valence-electron chi connectivity index (χ3n) is 3.88. The quantitative estimate of drug-likeness (QED) is 0.905. The van der Waals surface area contributed by atoms with Gasteiger partial charge in [0.05, 0.1) is 5.92 Å². The highest BCUT2D eigenvalue weighted by atomic mass is 35.5. The van der Waals surface area contributed by atoms with Crippen molar-refractivity contribution in [3.05, 3.63) is 34.9 Å². The van der Waals surface area contributed by atoms with Crippen molar-refractivity contribution in [2.24, 2.45) is 11.8 Å². The lowest BCUT2D eigenvalue weighted by Crippen LogP contribution is -2.43. The highest BCUT2D eigenvalue weighted by Crippen LogP contribution is 2.19. The van der Waals surface area contributed by atoms with Crippen molar-refractivity contribution in [3.8, 4) is 0 Å². The van der Waals surface area contributed by atoms with Gasteiger partial charge in [-0.1, -0.05) is 37.6 Å². The minimum atomic E-state index is 0.129. The number of halogens is 1. The first-order valence-corrected chi connectivity index (χ1v) is 8.17. The van der Waals surface area contributed by atoms with Crippen LogP contribution in [0.25, 0.3) is 0 Å². The van der Waals surface area contributed by atoms with Crippen LogP contribution in [0.4, 0.5) is 0 Å². The molecular formula is C17H25ClN2O. The van der Waals surface area contributed by atoms with Gasteiger partial charge in [0, 0.05) is 24.7 Å². The Hall–Kier alpha value is -1.06. The molecule has 21 heavy (non-hydrogen) atoms. The van der Waals surface area contributed by atoms with Crippen molar-refractivity contribution in [1.82, 2.24) is 10.2 Å². The van der Waals surface area contributed by atoms with Gasteiger partial charge in [-0.15, -0.1) is 0 Å². The molecule has 0 aliphatic carbocycles. The number of benzene rings is 1. The second-order valence-corrected chi connectivity index (χ2v) is 6.78. The first kappa shape index (κ1) is 16.3. The average Bonchev–Trinajstić information content (AvgIpc) is 2.47. The van der Waals surface area contributed by atoms with Gasteiger partial charge in [0.1, 0.15) is 0 Å². The van der Waals surface area contributed by atoms with Crippen LogP contribution in [-0.2, 0) is 11.3 Å². The minimum Gasteiger partial charge on any atom is -0.356 e. The molecule has 1 heterocycles. The van der Waals surface area contributed by atoms with E-state index in [2.05, 4.69) is 36.2 Å². The van der Waals surface area contributed by atoms with E-state index in [0.29, 0.717) is 5.92 Å². The summed E-state index contributed by atoms with van der Waals surface area (Å²) in [6.45, 7) is 7.82. The number of likely N-dealkylation sites (tertiary alicyclic amines) is 1. The molecule has 1 saturated heterocycles. The largest absolute Gasteiger partial charge is 0.356 e. The van der Waals surface area contributed by atoms with Gasteiger partial charge >= 0.3 is 0 Å². The number of amides is 1. The van der Waals surface area contributed by atoms with Gasteiger partial charge < -0.3 is 5.32 Å². The molecule has 1 aliphatic rings. The minimum absolute atomic E-state index is 0.129. The molecule has 0 saturated carbocycles. The van der Waals surface area contributed by atoms with Crippen LogP contribution >= 0.6 is 11.6 Å². The van der Waals surface area contributed by atoms with Crippen LogP contribution < -0.4 is 5.32 Å². The smallest absolute Gasteiger partial charge is 0.224 e. The van der Waals surface area contributed by atoms with Crippen molar-refractivity contribution in [1.29, 1.82) is 0 Å². The predicted octanol–water partition coefficient (Wildman–Crippen LogP) is 3.32. The fourth-order valence-corrected chi connectivity index (χ4v) is 2.84. The SMILES string of the molecule is CC(C)CNC(=O)[C@H]1CCCN(Cc2ccc(Cl)cc2)C1. The van der Waals surface area contributed by atoms with Crippen molar-refractivity contribution in [3.63, 3.8) is 0 Å². The molecule has 116 valence electrons. The fraction of sp³-hybridized carbons (Fsp3) is 0.588. The number of piperidine rings is 1. The second-order valence-electron chi connectivity index (χ2n) is 6.34. The summed E-state index contributed by atoms with van der Waals surface area (Å²) in [6, 6.07) is 7.97. The van der Waals surface area contributed by atoms with Gasteiger partial charge in [0.2, 0.25) is 5.91 Å². The van der Waals surface area contributed by atoms with Crippen molar-refractivity contribution in [2.45, 2.75) is 33.2 Å². The molecule has 0 bridgehead atoms. The lowest BCUT2D eigenvalue weighted by Gasteiger charge is -2.32. The Balaban J connectivity index is 1.85. The van der Waals surface area contributed by atoms with Crippen LogP contribution in [0.2, 0.25) is 5.02 Å². The number of hydrogen-bond donors (Lipinski definition) is 1. The molecule has 1 fully saturated rings. The zero-order valence-corrected chi connectivity index (χ0v) is 13.7. The van der Waals surface area contributed by atoms with E-state index < -0.39 is 0 Å². The first-order valence-electron chi connectivity index (χ1n) is 7.79. The molecular weight excluding hydrogens is 284 g/mol. The molecule has 0 radical (unpaired) electrons. The Morgan fingerprint density at radius 3 is 2.76 bits per heavy atom. The Morgan fingerprint density at radius 1 is 1.38 bits per heavy atom. The lowest BCUT2D eigenvalue weighted by atomic mass is 9.96. The van der Waals surface area contributed by atoms with E-state index in [9.17, 15) is 4.79 Å². The Kier molecular flexibility index (Phi) is 6.07. The standard InChI is InChI=1S/C17H25ClN2O/c1-13(2)10-19-17(21)15-4-3-9-20(12-15)11-14-5-7-16(18)8-6-14/h5-8,13,15H,3-4,9-12H2,1-2H3,(H,19,21)/t15-/m0/s1. The summed E-state index contributed by atoms with van der Waals surface area (Å²) in [5.74, 6) is 0.844. The molecule has 0 spiro atoms. The van der Waals surface area contributed by atoms with Gasteiger partial charge in [-0.3, -0.25) is 9.69 Å². The summed E-state index contributed by atoms with van der Waals surface area (Å²) in [5, 5.41) is 3.83. The van der Waals surface area contributed by atoms with Crippen LogP contribution in [0.1, 0.15) is 32.3 Å². The third kappa shape index (κ3) is 5.33. The van der Waals surface area contributed by atoms with E-state index in [-0.39, 0.29) is 11.8 Å². The number of rotatable bonds is 5. The fourth-order valence-electron chi connectivity index (χ4n) is 2.71. The van der Waals surface area contributed by atoms with E-state index in [1.165, 1.54) is 5.56 Å². The summed E-state index contributed by atoms with van der Waals surface area (Å²) < 4.78 is 0. The van der Waals surface area contributed by atoms with E-state index in [0.717, 1.165) is 44.0 Å². The average molecular weight is 309 g/mol. The van der Waals surface area contributed by atoms with E-state index in [1.54, 1.807) is 0 Å². The molecule has 3 nitrogen and oxygen atoms in total. The van der Waals surface area contributed by atoms with Gasteiger partial charge in [0.25, 0.3) is 0 Å².